The van der Waals surface area contributed by atoms with Crippen LogP contribution in [0.5, 0.6) is 0 Å². The van der Waals surface area contributed by atoms with Crippen LogP contribution in [0, 0.1) is 0 Å². The third kappa shape index (κ3) is 9.80. The van der Waals surface area contributed by atoms with E-state index in [1.807, 2.05) is 63.9 Å². The number of imidazole rings is 1. The minimum Gasteiger partial charge on any atom is -0.365 e. The molecule has 0 spiro atoms. The molecule has 0 saturated carbocycles. The van der Waals surface area contributed by atoms with Gasteiger partial charge in [-0.2, -0.15) is 1.33 Å². The molecule has 2 heterocycles. The number of nitrogens with zero attached hydrogens (tertiary/aromatic N) is 4. The Morgan fingerprint density at radius 1 is 1.30 bits per heavy atom. The Morgan fingerprint density at radius 3 is 2.53 bits per heavy atom. The van der Waals surface area contributed by atoms with Crippen LogP contribution in [0.1, 0.15) is 37.7 Å². The molecule has 162 valence electrons. The second-order valence-corrected chi connectivity index (χ2v) is 11.0. The van der Waals surface area contributed by atoms with Gasteiger partial charge in [0, 0.05) is 81.8 Å². The first-order chi connectivity index (χ1) is 14.5. The lowest BCUT2D eigenvalue weighted by molar-refractivity contribution is 0.638. The van der Waals surface area contributed by atoms with Gasteiger partial charge in [0.2, 0.25) is 0 Å². The van der Waals surface area contributed by atoms with Gasteiger partial charge in [-0.25, -0.2) is 4.98 Å². The molecule has 0 aliphatic carbocycles. The Balaban J connectivity index is 0.000000346. The molecule has 0 aliphatic rings. The molecule has 8 heteroatoms. The van der Waals surface area contributed by atoms with E-state index in [0.29, 0.717) is 0 Å². The normalized spacial score (nSPS) is 12.1. The predicted octanol–water partition coefficient (Wildman–Crippen LogP) is 6.82. The maximum atomic E-state index is 4.38. The summed E-state index contributed by atoms with van der Waals surface area (Å²) in [6.07, 6.45) is 17.4. The van der Waals surface area contributed by atoms with Crippen LogP contribution in [0.15, 0.2) is 61.5 Å². The summed E-state index contributed by atoms with van der Waals surface area (Å²) in [7, 11) is 0. The molecule has 0 bridgehead atoms. The van der Waals surface area contributed by atoms with Gasteiger partial charge in [-0.05, 0) is 63.1 Å². The van der Waals surface area contributed by atoms with Crippen LogP contribution >= 0.6 is 57.5 Å². The number of hydrogen-bond acceptors (Lipinski definition) is 5. The summed E-state index contributed by atoms with van der Waals surface area (Å²) in [5.41, 5.74) is 4.31. The highest BCUT2D eigenvalue weighted by Crippen LogP contribution is 2.23. The van der Waals surface area contributed by atoms with Gasteiger partial charge in [0.25, 0.3) is 0 Å². The SMILES string of the molecule is C/C=C(\SC)c1ccncc1.C=Cc1ncn(CCN(I)I)c1/C=C(\C)NC=CC. The fourth-order valence-corrected chi connectivity index (χ4v) is 3.50. The van der Waals surface area contributed by atoms with E-state index in [9.17, 15) is 0 Å². The number of halogens is 2. The van der Waals surface area contributed by atoms with Crippen LogP contribution in [-0.2, 0) is 6.54 Å². The molecule has 30 heavy (non-hydrogen) atoms. The first-order valence-corrected chi connectivity index (χ1v) is 12.6. The number of thioether (sulfide) groups is 1. The van der Waals surface area contributed by atoms with Crippen LogP contribution in [-0.4, -0.2) is 28.7 Å². The number of hydrogen-bond donors (Lipinski definition) is 1. The van der Waals surface area contributed by atoms with Crippen LogP contribution in [0.4, 0.5) is 0 Å². The van der Waals surface area contributed by atoms with Crippen molar-refractivity contribution in [3.8, 4) is 0 Å². The van der Waals surface area contributed by atoms with Crippen molar-refractivity contribution in [1.82, 2.24) is 21.2 Å². The zero-order valence-electron chi connectivity index (χ0n) is 17.8. The zero-order valence-corrected chi connectivity index (χ0v) is 23.0. The molecule has 5 nitrogen and oxygen atoms in total. The number of rotatable bonds is 9. The molecule has 0 aliphatic heterocycles. The summed E-state index contributed by atoms with van der Waals surface area (Å²) in [4.78, 5) is 9.64. The van der Waals surface area contributed by atoms with Crippen LogP contribution in [0.25, 0.3) is 17.1 Å². The molecule has 2 rings (SSSR count). The zero-order chi connectivity index (χ0) is 22.4. The number of allylic oxidation sites excluding steroid dienone is 3. The lowest BCUT2D eigenvalue weighted by Gasteiger charge is -2.09. The Labute approximate surface area is 212 Å². The molecule has 0 saturated heterocycles. The van der Waals surface area contributed by atoms with Crippen molar-refractivity contribution in [2.45, 2.75) is 27.3 Å². The van der Waals surface area contributed by atoms with E-state index < -0.39 is 0 Å². The Kier molecular flexibility index (Phi) is 14.1. The molecule has 0 fully saturated rings. The van der Waals surface area contributed by atoms with Crippen molar-refractivity contribution in [3.63, 3.8) is 0 Å². The topological polar surface area (TPSA) is 46.0 Å². The molecule has 0 aromatic carbocycles. The van der Waals surface area contributed by atoms with Gasteiger partial charge in [-0.3, -0.25) is 4.98 Å². The molecule has 1 N–H and O–H groups in total. The summed E-state index contributed by atoms with van der Waals surface area (Å²) < 4.78 is 4.24. The van der Waals surface area contributed by atoms with E-state index in [1.54, 1.807) is 17.8 Å². The summed E-state index contributed by atoms with van der Waals surface area (Å²) in [5.74, 6) is 0. The standard InChI is InChI=1S/C13H18I2N4.C9H11NS/c1-4-6-16-11(3)9-13-12(5-2)17-10-18(13)7-8-19(14)15;1-3-9(11-2)8-4-6-10-7-5-8/h4-6,9-10,16H,2,7-8H2,1,3H3;3-7H,1-2H3/b6-4?,11-9+;9-3-. The first kappa shape index (κ1) is 26.9. The van der Waals surface area contributed by atoms with Gasteiger partial charge in [0.15, 0.2) is 0 Å². The molecule has 0 atom stereocenters. The minimum atomic E-state index is 0.898. The second-order valence-electron chi connectivity index (χ2n) is 6.00. The van der Waals surface area contributed by atoms with Crippen LogP contribution in [0.2, 0.25) is 0 Å². The highest BCUT2D eigenvalue weighted by atomic mass is 127. The summed E-state index contributed by atoms with van der Waals surface area (Å²) in [6, 6.07) is 4.04. The van der Waals surface area contributed by atoms with E-state index in [0.717, 1.165) is 30.2 Å². The van der Waals surface area contributed by atoms with Gasteiger partial charge in [-0.15, -0.1) is 11.8 Å². The van der Waals surface area contributed by atoms with E-state index >= 15 is 0 Å². The Bertz CT molecular complexity index is 858. The quantitative estimate of drug-likeness (QED) is 0.239. The van der Waals surface area contributed by atoms with Gasteiger partial charge in [0.1, 0.15) is 0 Å². The van der Waals surface area contributed by atoms with E-state index in [2.05, 4.69) is 91.9 Å². The van der Waals surface area contributed by atoms with Crippen LogP contribution < -0.4 is 5.32 Å². The Hall–Kier alpha value is -1.11. The maximum Gasteiger partial charge on any atom is 0.0958 e. The monoisotopic (exact) mass is 649 g/mol. The molecule has 0 amide bonds. The maximum absolute atomic E-state index is 4.38. The van der Waals surface area contributed by atoms with E-state index in [-0.39, 0.29) is 0 Å². The third-order valence-electron chi connectivity index (χ3n) is 3.89. The second kappa shape index (κ2) is 15.7. The number of aromatic nitrogens is 3. The summed E-state index contributed by atoms with van der Waals surface area (Å²) >= 11 is 6.30. The lowest BCUT2D eigenvalue weighted by Crippen LogP contribution is -2.10. The molecule has 2 aromatic rings. The van der Waals surface area contributed by atoms with Gasteiger partial charge < -0.3 is 9.88 Å². The van der Waals surface area contributed by atoms with Crippen LogP contribution in [0.3, 0.4) is 0 Å². The minimum absolute atomic E-state index is 0.898. The van der Waals surface area contributed by atoms with Crippen molar-refractivity contribution in [2.75, 3.05) is 12.8 Å². The fourth-order valence-electron chi connectivity index (χ4n) is 2.46. The molecular formula is C22H29I2N5S. The summed E-state index contributed by atoms with van der Waals surface area (Å²) in [6.45, 7) is 11.7. The predicted molar refractivity (Wildman–Crippen MR) is 150 cm³/mol. The van der Waals surface area contributed by atoms with Crippen molar-refractivity contribution in [3.05, 3.63) is 78.4 Å². The molecule has 0 unspecified atom stereocenters. The number of nitrogens with one attached hydrogen (secondary N) is 1. The van der Waals surface area contributed by atoms with Gasteiger partial charge in [0.05, 0.1) is 17.7 Å². The average molecular weight is 649 g/mol. The van der Waals surface area contributed by atoms with Gasteiger partial charge >= 0.3 is 0 Å². The first-order valence-electron chi connectivity index (χ1n) is 9.40. The molecule has 2 aromatic heterocycles. The third-order valence-corrected chi connectivity index (χ3v) is 5.77. The average Bonchev–Trinajstić information content (AvgIpc) is 3.14. The van der Waals surface area contributed by atoms with Crippen molar-refractivity contribution in [2.24, 2.45) is 0 Å². The van der Waals surface area contributed by atoms with Crippen molar-refractivity contribution >= 4 is 74.5 Å². The molecule has 0 radical (unpaired) electrons. The van der Waals surface area contributed by atoms with E-state index in [1.165, 1.54) is 10.5 Å². The molecular weight excluding hydrogens is 620 g/mol. The van der Waals surface area contributed by atoms with Gasteiger partial charge in [-0.1, -0.05) is 18.7 Å². The fraction of sp³-hybridized carbons (Fsp3) is 0.273. The number of pyridine rings is 1. The highest BCUT2D eigenvalue weighted by Gasteiger charge is 2.07. The Morgan fingerprint density at radius 2 is 2.00 bits per heavy atom. The largest absolute Gasteiger partial charge is 0.365 e. The van der Waals surface area contributed by atoms with E-state index in [4.69, 9.17) is 0 Å². The summed E-state index contributed by atoms with van der Waals surface area (Å²) in [5, 5.41) is 3.21. The van der Waals surface area contributed by atoms with Crippen molar-refractivity contribution in [1.29, 1.82) is 0 Å². The van der Waals surface area contributed by atoms with Crippen molar-refractivity contribution < 1.29 is 0 Å². The lowest BCUT2D eigenvalue weighted by atomic mass is 10.2. The smallest absolute Gasteiger partial charge is 0.0958 e. The highest BCUT2D eigenvalue weighted by molar-refractivity contribution is 14.2.